The van der Waals surface area contributed by atoms with E-state index in [9.17, 15) is 14.7 Å². The van der Waals surface area contributed by atoms with Gasteiger partial charge in [0.25, 0.3) is 0 Å². The van der Waals surface area contributed by atoms with Gasteiger partial charge in [0.15, 0.2) is 5.54 Å². The Morgan fingerprint density at radius 2 is 1.74 bits per heavy atom. The van der Waals surface area contributed by atoms with Crippen LogP contribution in [0.1, 0.15) is 19.4 Å². The van der Waals surface area contributed by atoms with Crippen molar-refractivity contribution in [3.05, 3.63) is 48.0 Å². The number of fused-ring (bicyclic) bond motifs is 1. The number of amides is 1. The van der Waals surface area contributed by atoms with Crippen molar-refractivity contribution in [2.45, 2.75) is 19.4 Å². The second kappa shape index (κ2) is 4.72. The van der Waals surface area contributed by atoms with Gasteiger partial charge in [0.1, 0.15) is 0 Å². The van der Waals surface area contributed by atoms with E-state index in [1.54, 1.807) is 12.1 Å². The van der Waals surface area contributed by atoms with E-state index in [0.717, 1.165) is 10.8 Å². The molecule has 2 aromatic carbocycles. The first-order chi connectivity index (χ1) is 8.95. The molecule has 98 valence electrons. The van der Waals surface area contributed by atoms with E-state index in [-0.39, 0.29) is 5.91 Å². The highest BCUT2D eigenvalue weighted by atomic mass is 16.4. The molecule has 2 rings (SSSR count). The summed E-state index contributed by atoms with van der Waals surface area (Å²) in [6.45, 7) is 2.81. The summed E-state index contributed by atoms with van der Waals surface area (Å²) in [6.07, 6.45) is 0. The SMILES string of the molecule is CC(=O)N[C@@](C)(C(=O)O)c1cccc2ccccc12. The van der Waals surface area contributed by atoms with E-state index in [2.05, 4.69) is 5.32 Å². The van der Waals surface area contributed by atoms with Gasteiger partial charge in [-0.25, -0.2) is 4.79 Å². The van der Waals surface area contributed by atoms with Crippen LogP contribution in [0.25, 0.3) is 10.8 Å². The second-order valence-electron chi connectivity index (χ2n) is 4.64. The summed E-state index contributed by atoms with van der Waals surface area (Å²) in [7, 11) is 0. The lowest BCUT2D eigenvalue weighted by Gasteiger charge is -2.27. The van der Waals surface area contributed by atoms with Crippen molar-refractivity contribution in [2.75, 3.05) is 0 Å². The summed E-state index contributed by atoms with van der Waals surface area (Å²) in [4.78, 5) is 22.9. The van der Waals surface area contributed by atoms with Gasteiger partial charge in [-0.2, -0.15) is 0 Å². The van der Waals surface area contributed by atoms with Crippen molar-refractivity contribution in [3.63, 3.8) is 0 Å². The number of carboxylic acid groups (broad SMARTS) is 1. The molecule has 0 saturated carbocycles. The van der Waals surface area contributed by atoms with Gasteiger partial charge in [0.2, 0.25) is 5.91 Å². The maximum Gasteiger partial charge on any atom is 0.333 e. The van der Waals surface area contributed by atoms with Gasteiger partial charge in [-0.1, -0.05) is 42.5 Å². The van der Waals surface area contributed by atoms with Crippen LogP contribution in [-0.4, -0.2) is 17.0 Å². The van der Waals surface area contributed by atoms with Crippen molar-refractivity contribution < 1.29 is 14.7 Å². The van der Waals surface area contributed by atoms with Crippen LogP contribution in [0.2, 0.25) is 0 Å². The van der Waals surface area contributed by atoms with Crippen molar-refractivity contribution in [3.8, 4) is 0 Å². The first kappa shape index (κ1) is 13.1. The van der Waals surface area contributed by atoms with E-state index >= 15 is 0 Å². The third-order valence-corrected chi connectivity index (χ3v) is 3.18. The normalized spacial score (nSPS) is 13.8. The highest BCUT2D eigenvalue weighted by molar-refractivity contribution is 5.94. The predicted molar refractivity (Wildman–Crippen MR) is 72.8 cm³/mol. The molecule has 2 N–H and O–H groups in total. The summed E-state index contributed by atoms with van der Waals surface area (Å²) in [5, 5.41) is 13.8. The number of carbonyl (C=O) groups is 2. The van der Waals surface area contributed by atoms with Gasteiger partial charge in [-0.3, -0.25) is 4.79 Å². The summed E-state index contributed by atoms with van der Waals surface area (Å²) < 4.78 is 0. The van der Waals surface area contributed by atoms with E-state index < -0.39 is 11.5 Å². The fourth-order valence-corrected chi connectivity index (χ4v) is 2.25. The molecular weight excluding hydrogens is 242 g/mol. The van der Waals surface area contributed by atoms with Crippen molar-refractivity contribution >= 4 is 22.6 Å². The van der Waals surface area contributed by atoms with Gasteiger partial charge in [-0.15, -0.1) is 0 Å². The lowest BCUT2D eigenvalue weighted by atomic mass is 9.87. The highest BCUT2D eigenvalue weighted by Gasteiger charge is 2.37. The van der Waals surface area contributed by atoms with Crippen LogP contribution >= 0.6 is 0 Å². The monoisotopic (exact) mass is 257 g/mol. The molecule has 0 aliphatic heterocycles. The molecule has 0 spiro atoms. The number of nitrogens with one attached hydrogen (secondary N) is 1. The van der Waals surface area contributed by atoms with Crippen molar-refractivity contribution in [1.82, 2.24) is 5.32 Å². The fraction of sp³-hybridized carbons (Fsp3) is 0.200. The molecule has 0 unspecified atom stereocenters. The van der Waals surface area contributed by atoms with Crippen molar-refractivity contribution in [2.24, 2.45) is 0 Å². The Morgan fingerprint density at radius 3 is 2.37 bits per heavy atom. The molecule has 1 atom stereocenters. The predicted octanol–water partition coefficient (Wildman–Crippen LogP) is 2.28. The Labute approximate surface area is 111 Å². The maximum absolute atomic E-state index is 11.6. The Bertz CT molecular complexity index is 645. The van der Waals surface area contributed by atoms with Crippen LogP contribution in [0.5, 0.6) is 0 Å². The quantitative estimate of drug-likeness (QED) is 0.886. The zero-order valence-corrected chi connectivity index (χ0v) is 10.8. The average molecular weight is 257 g/mol. The summed E-state index contributed by atoms with van der Waals surface area (Å²) in [5.41, 5.74) is -0.861. The van der Waals surface area contributed by atoms with Crippen molar-refractivity contribution in [1.29, 1.82) is 0 Å². The molecular formula is C15H15NO3. The smallest absolute Gasteiger partial charge is 0.333 e. The fourth-order valence-electron chi connectivity index (χ4n) is 2.25. The van der Waals surface area contributed by atoms with Crippen LogP contribution in [0, 0.1) is 0 Å². The summed E-state index contributed by atoms with van der Waals surface area (Å²) >= 11 is 0. The molecule has 4 nitrogen and oxygen atoms in total. The minimum atomic E-state index is -1.44. The third kappa shape index (κ3) is 2.29. The molecule has 0 radical (unpaired) electrons. The summed E-state index contributed by atoms with van der Waals surface area (Å²) in [5.74, 6) is -1.46. The first-order valence-corrected chi connectivity index (χ1v) is 5.95. The van der Waals surface area contributed by atoms with Gasteiger partial charge in [0, 0.05) is 6.92 Å². The Morgan fingerprint density at radius 1 is 1.11 bits per heavy atom. The van der Waals surface area contributed by atoms with Crippen LogP contribution in [0.4, 0.5) is 0 Å². The largest absolute Gasteiger partial charge is 0.479 e. The number of benzene rings is 2. The molecule has 19 heavy (non-hydrogen) atoms. The molecule has 0 saturated heterocycles. The zero-order valence-electron chi connectivity index (χ0n) is 10.8. The van der Waals surface area contributed by atoms with Crippen LogP contribution < -0.4 is 5.32 Å². The lowest BCUT2D eigenvalue weighted by Crippen LogP contribution is -2.48. The van der Waals surface area contributed by atoms with Crippen LogP contribution in [0.3, 0.4) is 0 Å². The van der Waals surface area contributed by atoms with E-state index in [1.165, 1.54) is 13.8 Å². The number of rotatable bonds is 3. The van der Waals surface area contributed by atoms with E-state index in [0.29, 0.717) is 5.56 Å². The zero-order chi connectivity index (χ0) is 14.0. The van der Waals surface area contributed by atoms with Gasteiger partial charge >= 0.3 is 5.97 Å². The van der Waals surface area contributed by atoms with E-state index in [1.807, 2.05) is 30.3 Å². The highest BCUT2D eigenvalue weighted by Crippen LogP contribution is 2.29. The molecule has 1 amide bonds. The Balaban J connectivity index is 2.69. The van der Waals surface area contributed by atoms with E-state index in [4.69, 9.17) is 0 Å². The molecule has 2 aromatic rings. The van der Waals surface area contributed by atoms with Crippen LogP contribution in [0.15, 0.2) is 42.5 Å². The topological polar surface area (TPSA) is 66.4 Å². The molecule has 4 heteroatoms. The molecule has 0 aliphatic carbocycles. The van der Waals surface area contributed by atoms with Gasteiger partial charge in [-0.05, 0) is 23.3 Å². The molecule has 0 aromatic heterocycles. The molecule has 0 bridgehead atoms. The minimum Gasteiger partial charge on any atom is -0.479 e. The average Bonchev–Trinajstić information content (AvgIpc) is 2.37. The molecule has 0 fully saturated rings. The number of carbonyl (C=O) groups excluding carboxylic acids is 1. The van der Waals surface area contributed by atoms with Gasteiger partial charge < -0.3 is 10.4 Å². The number of aliphatic carboxylic acids is 1. The standard InChI is InChI=1S/C15H15NO3/c1-10(17)16-15(2,14(18)19)13-9-5-7-11-6-3-4-8-12(11)13/h3-9H,1-2H3,(H,16,17)(H,18,19)/t15-/m1/s1. The number of hydrogen-bond donors (Lipinski definition) is 2. The minimum absolute atomic E-state index is 0.377. The Hall–Kier alpha value is -2.36. The molecule has 0 aliphatic rings. The molecule has 0 heterocycles. The summed E-state index contributed by atoms with van der Waals surface area (Å²) in [6, 6.07) is 12.9. The maximum atomic E-state index is 11.6. The lowest BCUT2D eigenvalue weighted by molar-refractivity contribution is -0.147. The third-order valence-electron chi connectivity index (χ3n) is 3.18. The number of hydrogen-bond acceptors (Lipinski definition) is 2. The van der Waals surface area contributed by atoms with Gasteiger partial charge in [0.05, 0.1) is 0 Å². The number of carboxylic acids is 1. The van der Waals surface area contributed by atoms with Crippen LogP contribution in [-0.2, 0) is 15.1 Å². The first-order valence-electron chi connectivity index (χ1n) is 5.95. The Kier molecular flexibility index (Phi) is 3.25. The second-order valence-corrected chi connectivity index (χ2v) is 4.64.